The third-order valence-electron chi connectivity index (χ3n) is 4.22. The van der Waals surface area contributed by atoms with Crippen LogP contribution in [-0.2, 0) is 4.79 Å². The van der Waals surface area contributed by atoms with E-state index in [9.17, 15) is 9.59 Å². The molecule has 21 heavy (non-hydrogen) atoms. The fraction of sp³-hybridized carbons (Fsp3) is 0.500. The fourth-order valence-corrected chi connectivity index (χ4v) is 3.12. The highest BCUT2D eigenvalue weighted by Gasteiger charge is 2.40. The molecule has 1 aliphatic heterocycles. The van der Waals surface area contributed by atoms with E-state index < -0.39 is 0 Å². The molecule has 3 atom stereocenters. The summed E-state index contributed by atoms with van der Waals surface area (Å²) >= 11 is 0. The molecule has 1 aliphatic carbocycles. The van der Waals surface area contributed by atoms with Crippen LogP contribution in [0.15, 0.2) is 24.5 Å². The summed E-state index contributed by atoms with van der Waals surface area (Å²) in [6.45, 7) is 0.899. The first-order valence-electron chi connectivity index (χ1n) is 7.24. The lowest BCUT2D eigenvalue weighted by Crippen LogP contribution is -2.52. The molecule has 1 saturated carbocycles. The maximum Gasteiger partial charge on any atom is 0.271 e. The molecule has 2 aliphatic rings. The zero-order valence-electron chi connectivity index (χ0n) is 11.6. The molecule has 2 fully saturated rings. The van der Waals surface area contributed by atoms with Crippen LogP contribution in [0, 0.1) is 11.8 Å². The molecular weight excluding hydrogens is 270 g/mol. The van der Waals surface area contributed by atoms with Gasteiger partial charge in [0.2, 0.25) is 5.91 Å². The van der Waals surface area contributed by atoms with Gasteiger partial charge in [-0.2, -0.15) is 0 Å². The Labute approximate surface area is 122 Å². The predicted octanol–water partition coefficient (Wildman–Crippen LogP) is -0.265. The van der Waals surface area contributed by atoms with Crippen molar-refractivity contribution in [2.45, 2.75) is 25.3 Å². The third-order valence-corrected chi connectivity index (χ3v) is 4.22. The Morgan fingerprint density at radius 3 is 3.00 bits per heavy atom. The lowest BCUT2D eigenvalue weighted by Gasteiger charge is -2.31. The number of aromatic nitrogens is 1. The number of nitrogens with one attached hydrogen (secondary N) is 4. The lowest BCUT2D eigenvalue weighted by molar-refractivity contribution is -0.128. The SMILES string of the molecule is O=C(NNC(=O)C1CCCC2CNNC21)c1cccnc1. The van der Waals surface area contributed by atoms with Crippen LogP contribution in [0.4, 0.5) is 0 Å². The normalized spacial score (nSPS) is 27.7. The second-order valence-corrected chi connectivity index (χ2v) is 5.53. The van der Waals surface area contributed by atoms with E-state index in [1.54, 1.807) is 18.3 Å². The fourth-order valence-electron chi connectivity index (χ4n) is 3.12. The molecule has 2 amide bonds. The van der Waals surface area contributed by atoms with Crippen molar-refractivity contribution in [1.29, 1.82) is 0 Å². The van der Waals surface area contributed by atoms with Crippen LogP contribution in [0.5, 0.6) is 0 Å². The van der Waals surface area contributed by atoms with E-state index in [4.69, 9.17) is 0 Å². The van der Waals surface area contributed by atoms with Crippen molar-refractivity contribution in [1.82, 2.24) is 26.7 Å². The number of hydrogen-bond acceptors (Lipinski definition) is 5. The molecule has 1 aromatic heterocycles. The molecule has 1 aromatic rings. The molecule has 2 heterocycles. The molecule has 7 heteroatoms. The maximum atomic E-state index is 12.3. The average molecular weight is 289 g/mol. The van der Waals surface area contributed by atoms with Crippen LogP contribution in [0.1, 0.15) is 29.6 Å². The summed E-state index contributed by atoms with van der Waals surface area (Å²) in [5.74, 6) is -0.129. The second-order valence-electron chi connectivity index (χ2n) is 5.53. The van der Waals surface area contributed by atoms with E-state index in [0.717, 1.165) is 25.8 Å². The standard InChI is InChI=1S/C14H19N5O2/c20-13(10-4-2-6-15-7-10)18-19-14(21)11-5-1-3-9-8-16-17-12(9)11/h2,4,6-7,9,11-12,16-17H,1,3,5,8H2,(H,18,20)(H,19,21). The first-order valence-corrected chi connectivity index (χ1v) is 7.24. The van der Waals surface area contributed by atoms with Crippen LogP contribution >= 0.6 is 0 Å². The van der Waals surface area contributed by atoms with Gasteiger partial charge in [-0.05, 0) is 30.9 Å². The van der Waals surface area contributed by atoms with E-state index >= 15 is 0 Å². The van der Waals surface area contributed by atoms with Gasteiger partial charge in [0.15, 0.2) is 0 Å². The van der Waals surface area contributed by atoms with Crippen molar-refractivity contribution in [3.63, 3.8) is 0 Å². The van der Waals surface area contributed by atoms with Crippen molar-refractivity contribution in [3.8, 4) is 0 Å². The minimum atomic E-state index is -0.360. The summed E-state index contributed by atoms with van der Waals surface area (Å²) in [5.41, 5.74) is 11.7. The molecule has 0 aromatic carbocycles. The summed E-state index contributed by atoms with van der Waals surface area (Å²) in [7, 11) is 0. The van der Waals surface area contributed by atoms with Gasteiger partial charge >= 0.3 is 0 Å². The second kappa shape index (κ2) is 6.19. The summed E-state index contributed by atoms with van der Waals surface area (Å²) < 4.78 is 0. The van der Waals surface area contributed by atoms with Crippen LogP contribution in [0.2, 0.25) is 0 Å². The minimum Gasteiger partial charge on any atom is -0.273 e. The third kappa shape index (κ3) is 3.03. The number of amides is 2. The summed E-state index contributed by atoms with van der Waals surface area (Å²) in [6.07, 6.45) is 6.07. The number of nitrogens with zero attached hydrogens (tertiary/aromatic N) is 1. The lowest BCUT2D eigenvalue weighted by atomic mass is 9.78. The Balaban J connectivity index is 1.55. The zero-order valence-corrected chi connectivity index (χ0v) is 11.6. The molecule has 4 N–H and O–H groups in total. The Kier molecular flexibility index (Phi) is 4.12. The summed E-state index contributed by atoms with van der Waals surface area (Å²) in [6, 6.07) is 3.47. The van der Waals surface area contributed by atoms with Crippen molar-refractivity contribution in [2.24, 2.45) is 11.8 Å². The van der Waals surface area contributed by atoms with Crippen LogP contribution in [0.25, 0.3) is 0 Å². The van der Waals surface area contributed by atoms with Gasteiger partial charge in [-0.15, -0.1) is 0 Å². The number of hydrazine groups is 2. The number of rotatable bonds is 2. The Bertz CT molecular complexity index is 521. The van der Waals surface area contributed by atoms with Gasteiger partial charge in [-0.25, -0.2) is 0 Å². The van der Waals surface area contributed by atoms with Gasteiger partial charge in [-0.3, -0.25) is 36.3 Å². The topological polar surface area (TPSA) is 95.2 Å². The number of carbonyl (C=O) groups is 2. The van der Waals surface area contributed by atoms with Crippen molar-refractivity contribution in [3.05, 3.63) is 30.1 Å². The van der Waals surface area contributed by atoms with E-state index in [1.807, 2.05) is 0 Å². The van der Waals surface area contributed by atoms with Gasteiger partial charge in [0.1, 0.15) is 0 Å². The van der Waals surface area contributed by atoms with E-state index in [2.05, 4.69) is 26.7 Å². The highest BCUT2D eigenvalue weighted by atomic mass is 16.2. The molecule has 3 unspecified atom stereocenters. The molecule has 3 rings (SSSR count). The van der Waals surface area contributed by atoms with Gasteiger partial charge in [-0.1, -0.05) is 6.42 Å². The number of fused-ring (bicyclic) bond motifs is 1. The Morgan fingerprint density at radius 2 is 2.19 bits per heavy atom. The molecule has 0 spiro atoms. The quantitative estimate of drug-likeness (QED) is 0.563. The molecule has 112 valence electrons. The molecular formula is C14H19N5O2. The van der Waals surface area contributed by atoms with Gasteiger partial charge < -0.3 is 0 Å². The maximum absolute atomic E-state index is 12.3. The highest BCUT2D eigenvalue weighted by Crippen LogP contribution is 2.31. The number of pyridine rings is 1. The van der Waals surface area contributed by atoms with Crippen molar-refractivity contribution in [2.75, 3.05) is 6.54 Å². The van der Waals surface area contributed by atoms with Crippen LogP contribution < -0.4 is 21.7 Å². The first kappa shape index (κ1) is 14.0. The number of hydrogen-bond donors (Lipinski definition) is 4. The van der Waals surface area contributed by atoms with E-state index in [1.165, 1.54) is 6.20 Å². The largest absolute Gasteiger partial charge is 0.273 e. The van der Waals surface area contributed by atoms with Crippen molar-refractivity contribution >= 4 is 11.8 Å². The predicted molar refractivity (Wildman–Crippen MR) is 75.6 cm³/mol. The van der Waals surface area contributed by atoms with Gasteiger partial charge in [0.05, 0.1) is 11.5 Å². The highest BCUT2D eigenvalue weighted by molar-refractivity contribution is 5.95. The smallest absolute Gasteiger partial charge is 0.271 e. The zero-order chi connectivity index (χ0) is 14.7. The van der Waals surface area contributed by atoms with Crippen molar-refractivity contribution < 1.29 is 9.59 Å². The van der Waals surface area contributed by atoms with Crippen LogP contribution in [0.3, 0.4) is 0 Å². The van der Waals surface area contributed by atoms with Gasteiger partial charge in [0, 0.05) is 25.0 Å². The Hall–Kier alpha value is -1.99. The van der Waals surface area contributed by atoms with E-state index in [0.29, 0.717) is 11.5 Å². The monoisotopic (exact) mass is 289 g/mol. The molecule has 0 bridgehead atoms. The molecule has 0 radical (unpaired) electrons. The number of carbonyl (C=O) groups excluding carboxylic acids is 2. The summed E-state index contributed by atoms with van der Waals surface area (Å²) in [5, 5.41) is 0. The molecule has 1 saturated heterocycles. The Morgan fingerprint density at radius 1 is 1.29 bits per heavy atom. The van der Waals surface area contributed by atoms with Crippen LogP contribution in [-0.4, -0.2) is 29.4 Å². The molecule has 7 nitrogen and oxygen atoms in total. The van der Waals surface area contributed by atoms with E-state index in [-0.39, 0.29) is 23.8 Å². The van der Waals surface area contributed by atoms with Gasteiger partial charge in [0.25, 0.3) is 5.91 Å². The average Bonchev–Trinajstić information content (AvgIpc) is 3.01. The minimum absolute atomic E-state index is 0.118. The first-order chi connectivity index (χ1) is 10.3. The summed E-state index contributed by atoms with van der Waals surface area (Å²) in [4.78, 5) is 28.0.